The van der Waals surface area contributed by atoms with Crippen LogP contribution >= 0.6 is 0 Å². The minimum atomic E-state index is 0.110. The third-order valence-electron chi connectivity index (χ3n) is 2.09. The van der Waals surface area contributed by atoms with Gasteiger partial charge < -0.3 is 10.2 Å². The van der Waals surface area contributed by atoms with Crippen LogP contribution in [0.4, 0.5) is 5.69 Å². The van der Waals surface area contributed by atoms with Gasteiger partial charge in [-0.2, -0.15) is 5.10 Å². The first kappa shape index (κ1) is 8.25. The largest absolute Gasteiger partial charge is 0.307 e. The fourth-order valence-corrected chi connectivity index (χ4v) is 1.43. The Morgan fingerprint density at radius 1 is 1.62 bits per heavy atom. The van der Waals surface area contributed by atoms with E-state index in [-0.39, 0.29) is 5.91 Å². The summed E-state index contributed by atoms with van der Waals surface area (Å²) in [5.74, 6) is 0.110. The molecule has 0 aromatic carbocycles. The average molecular weight is 180 g/mol. The Labute approximate surface area is 76.3 Å². The van der Waals surface area contributed by atoms with Crippen LogP contribution in [-0.4, -0.2) is 35.3 Å². The molecule has 0 atom stereocenters. The Hall–Kier alpha value is -1.36. The van der Waals surface area contributed by atoms with Gasteiger partial charge in [-0.3, -0.25) is 9.48 Å². The van der Waals surface area contributed by atoms with E-state index >= 15 is 0 Å². The number of nitrogens with one attached hydrogen (secondary N) is 1. The molecule has 0 saturated carbocycles. The number of hydrogen-bond acceptors (Lipinski definition) is 3. The van der Waals surface area contributed by atoms with E-state index < -0.39 is 0 Å². The monoisotopic (exact) mass is 180 g/mol. The van der Waals surface area contributed by atoms with Crippen LogP contribution in [0.1, 0.15) is 0 Å². The first-order valence-electron chi connectivity index (χ1n) is 4.27. The molecule has 0 radical (unpaired) electrons. The molecule has 5 nitrogen and oxygen atoms in total. The third-order valence-corrected chi connectivity index (χ3v) is 2.09. The standard InChI is InChI=1S/C8H12N4O/c1-11-6-7(4-10-11)12-3-2-9-5-8(12)13/h4,6,9H,2-3,5H2,1H3. The predicted molar refractivity (Wildman–Crippen MR) is 48.4 cm³/mol. The lowest BCUT2D eigenvalue weighted by Gasteiger charge is -2.25. The van der Waals surface area contributed by atoms with E-state index in [1.165, 1.54) is 0 Å². The van der Waals surface area contributed by atoms with Crippen molar-refractivity contribution in [3.8, 4) is 0 Å². The van der Waals surface area contributed by atoms with E-state index in [1.54, 1.807) is 15.8 Å². The second-order valence-electron chi connectivity index (χ2n) is 3.09. The first-order valence-corrected chi connectivity index (χ1v) is 4.27. The number of amides is 1. The molecule has 0 bridgehead atoms. The van der Waals surface area contributed by atoms with E-state index in [0.717, 1.165) is 18.8 Å². The van der Waals surface area contributed by atoms with Crippen molar-refractivity contribution in [2.24, 2.45) is 7.05 Å². The minimum absolute atomic E-state index is 0.110. The molecule has 13 heavy (non-hydrogen) atoms. The van der Waals surface area contributed by atoms with Gasteiger partial charge in [0.25, 0.3) is 0 Å². The van der Waals surface area contributed by atoms with Crippen molar-refractivity contribution in [2.75, 3.05) is 24.5 Å². The van der Waals surface area contributed by atoms with Crippen molar-refractivity contribution in [1.82, 2.24) is 15.1 Å². The van der Waals surface area contributed by atoms with Gasteiger partial charge in [-0.1, -0.05) is 0 Å². The molecule has 1 aromatic rings. The molecule has 1 amide bonds. The lowest BCUT2D eigenvalue weighted by molar-refractivity contribution is -0.118. The quantitative estimate of drug-likeness (QED) is 0.625. The van der Waals surface area contributed by atoms with Crippen LogP contribution in [0.2, 0.25) is 0 Å². The van der Waals surface area contributed by atoms with Crippen molar-refractivity contribution in [3.63, 3.8) is 0 Å². The zero-order valence-corrected chi connectivity index (χ0v) is 7.53. The summed E-state index contributed by atoms with van der Waals surface area (Å²) < 4.78 is 1.70. The van der Waals surface area contributed by atoms with Crippen LogP contribution in [0.25, 0.3) is 0 Å². The van der Waals surface area contributed by atoms with E-state index in [9.17, 15) is 4.79 Å². The van der Waals surface area contributed by atoms with Crippen molar-refractivity contribution in [2.45, 2.75) is 0 Å². The van der Waals surface area contributed by atoms with E-state index in [0.29, 0.717) is 6.54 Å². The number of aryl methyl sites for hydroxylation is 1. The van der Waals surface area contributed by atoms with Crippen molar-refractivity contribution in [3.05, 3.63) is 12.4 Å². The Morgan fingerprint density at radius 3 is 3.08 bits per heavy atom. The zero-order valence-electron chi connectivity index (χ0n) is 7.53. The van der Waals surface area contributed by atoms with E-state index in [4.69, 9.17) is 0 Å². The number of nitrogens with zero attached hydrogens (tertiary/aromatic N) is 3. The predicted octanol–water partition coefficient (Wildman–Crippen LogP) is -0.644. The fourth-order valence-electron chi connectivity index (χ4n) is 1.43. The van der Waals surface area contributed by atoms with Crippen LogP contribution in [-0.2, 0) is 11.8 Å². The summed E-state index contributed by atoms with van der Waals surface area (Å²) in [6, 6.07) is 0. The van der Waals surface area contributed by atoms with Crippen LogP contribution in [0.5, 0.6) is 0 Å². The summed E-state index contributed by atoms with van der Waals surface area (Å²) in [6.07, 6.45) is 3.56. The topological polar surface area (TPSA) is 50.2 Å². The zero-order chi connectivity index (χ0) is 9.26. The lowest BCUT2D eigenvalue weighted by Crippen LogP contribution is -2.48. The minimum Gasteiger partial charge on any atom is -0.307 e. The highest BCUT2D eigenvalue weighted by atomic mass is 16.2. The molecule has 1 aromatic heterocycles. The Bertz CT molecular complexity index is 320. The molecule has 2 rings (SSSR count). The average Bonchev–Trinajstić information content (AvgIpc) is 2.53. The first-order chi connectivity index (χ1) is 6.27. The van der Waals surface area contributed by atoms with Gasteiger partial charge in [0, 0.05) is 26.3 Å². The van der Waals surface area contributed by atoms with Gasteiger partial charge >= 0.3 is 0 Å². The summed E-state index contributed by atoms with van der Waals surface area (Å²) in [5.41, 5.74) is 0.883. The Morgan fingerprint density at radius 2 is 2.46 bits per heavy atom. The van der Waals surface area contributed by atoms with Crippen molar-refractivity contribution >= 4 is 11.6 Å². The SMILES string of the molecule is Cn1cc(N2CCNCC2=O)cn1. The highest BCUT2D eigenvalue weighted by molar-refractivity contribution is 5.95. The summed E-state index contributed by atoms with van der Waals surface area (Å²) >= 11 is 0. The van der Waals surface area contributed by atoms with Gasteiger partial charge in [0.1, 0.15) is 0 Å². The maximum absolute atomic E-state index is 11.4. The molecule has 0 spiro atoms. The second kappa shape index (κ2) is 3.18. The number of rotatable bonds is 1. The molecule has 1 saturated heterocycles. The lowest BCUT2D eigenvalue weighted by atomic mass is 10.3. The van der Waals surface area contributed by atoms with Crippen LogP contribution in [0.15, 0.2) is 12.4 Å². The van der Waals surface area contributed by atoms with Crippen LogP contribution in [0.3, 0.4) is 0 Å². The molecule has 0 aliphatic carbocycles. The Kier molecular flexibility index (Phi) is 2.02. The molecule has 1 N–H and O–H groups in total. The molecule has 1 aliphatic heterocycles. The van der Waals surface area contributed by atoms with Gasteiger partial charge in [0.2, 0.25) is 5.91 Å². The molecule has 0 unspecified atom stereocenters. The maximum Gasteiger partial charge on any atom is 0.241 e. The summed E-state index contributed by atoms with van der Waals surface area (Å²) in [6.45, 7) is 2.00. The fraction of sp³-hybridized carbons (Fsp3) is 0.500. The van der Waals surface area contributed by atoms with E-state index in [1.807, 2.05) is 13.2 Å². The normalized spacial score (nSPS) is 17.9. The summed E-state index contributed by atoms with van der Waals surface area (Å²) in [7, 11) is 1.84. The summed E-state index contributed by atoms with van der Waals surface area (Å²) in [4.78, 5) is 13.2. The van der Waals surface area contributed by atoms with Gasteiger partial charge in [-0.15, -0.1) is 0 Å². The van der Waals surface area contributed by atoms with Crippen LogP contribution in [0, 0.1) is 0 Å². The molecule has 2 heterocycles. The number of hydrogen-bond donors (Lipinski definition) is 1. The third kappa shape index (κ3) is 1.55. The van der Waals surface area contributed by atoms with Crippen molar-refractivity contribution in [1.29, 1.82) is 0 Å². The second-order valence-corrected chi connectivity index (χ2v) is 3.09. The highest BCUT2D eigenvalue weighted by Gasteiger charge is 2.19. The maximum atomic E-state index is 11.4. The highest BCUT2D eigenvalue weighted by Crippen LogP contribution is 2.12. The van der Waals surface area contributed by atoms with Crippen molar-refractivity contribution < 1.29 is 4.79 Å². The van der Waals surface area contributed by atoms with Crippen LogP contribution < -0.4 is 10.2 Å². The molecule has 1 fully saturated rings. The Balaban J connectivity index is 2.19. The smallest absolute Gasteiger partial charge is 0.241 e. The molecular weight excluding hydrogens is 168 g/mol. The molecule has 1 aliphatic rings. The van der Waals surface area contributed by atoms with Gasteiger partial charge in [0.05, 0.1) is 18.4 Å². The van der Waals surface area contributed by atoms with Gasteiger partial charge in [-0.05, 0) is 0 Å². The molecule has 70 valence electrons. The number of carbonyl (C=O) groups excluding carboxylic acids is 1. The molecule has 5 heteroatoms. The number of anilines is 1. The number of carbonyl (C=O) groups is 1. The van der Waals surface area contributed by atoms with Gasteiger partial charge in [0.15, 0.2) is 0 Å². The number of aromatic nitrogens is 2. The molecular formula is C8H12N4O. The summed E-state index contributed by atoms with van der Waals surface area (Å²) in [5, 5.41) is 7.05. The van der Waals surface area contributed by atoms with E-state index in [2.05, 4.69) is 10.4 Å². The van der Waals surface area contributed by atoms with Gasteiger partial charge in [-0.25, -0.2) is 0 Å². The number of piperazine rings is 1.